The predicted molar refractivity (Wildman–Crippen MR) is 57.4 cm³/mol. The Morgan fingerprint density at radius 1 is 1.47 bits per heavy atom. The third kappa shape index (κ3) is 3.15. The Balaban J connectivity index is 2.94. The van der Waals surface area contributed by atoms with Crippen LogP contribution in [0.15, 0.2) is 18.2 Å². The molecule has 1 aromatic rings. The summed E-state index contributed by atoms with van der Waals surface area (Å²) in [5, 5.41) is 19.1. The van der Waals surface area contributed by atoms with Gasteiger partial charge in [-0.05, 0) is 12.1 Å². The van der Waals surface area contributed by atoms with Crippen LogP contribution in [0.5, 0.6) is 0 Å². The number of hydrogen-bond acceptors (Lipinski definition) is 3. The second-order valence-corrected chi connectivity index (χ2v) is 3.55. The van der Waals surface area contributed by atoms with Crippen LogP contribution in [0.25, 0.3) is 0 Å². The molecule has 1 amide bonds. The SMILES string of the molecule is O=C(N[C@H](CO)C(=O)O)c1c(F)cccc1Cl. The van der Waals surface area contributed by atoms with Crippen LogP contribution in [0, 0.1) is 5.82 Å². The molecule has 1 aromatic carbocycles. The Bertz CT molecular complexity index is 432. The lowest BCUT2D eigenvalue weighted by atomic mass is 10.2. The molecule has 1 rings (SSSR count). The molecule has 92 valence electrons. The van der Waals surface area contributed by atoms with Crippen LogP contribution in [0.4, 0.5) is 4.39 Å². The molecule has 7 heteroatoms. The van der Waals surface area contributed by atoms with Crippen molar-refractivity contribution in [3.05, 3.63) is 34.6 Å². The zero-order chi connectivity index (χ0) is 13.0. The number of amides is 1. The lowest BCUT2D eigenvalue weighted by Crippen LogP contribution is -2.43. The van der Waals surface area contributed by atoms with E-state index >= 15 is 0 Å². The van der Waals surface area contributed by atoms with E-state index in [-0.39, 0.29) is 5.02 Å². The number of carboxylic acids is 1. The maximum absolute atomic E-state index is 13.3. The predicted octanol–water partition coefficient (Wildman–Crippen LogP) is 0.654. The Labute approximate surface area is 101 Å². The van der Waals surface area contributed by atoms with Crippen LogP contribution in [-0.4, -0.2) is 34.7 Å². The summed E-state index contributed by atoms with van der Waals surface area (Å²) in [5.74, 6) is -3.28. The molecule has 1 atom stereocenters. The number of aliphatic hydroxyl groups is 1. The summed E-state index contributed by atoms with van der Waals surface area (Å²) in [6.07, 6.45) is 0. The maximum Gasteiger partial charge on any atom is 0.328 e. The van der Waals surface area contributed by atoms with Gasteiger partial charge in [-0.3, -0.25) is 4.79 Å². The summed E-state index contributed by atoms with van der Waals surface area (Å²) < 4.78 is 13.3. The smallest absolute Gasteiger partial charge is 0.328 e. The first-order valence-corrected chi connectivity index (χ1v) is 4.93. The van der Waals surface area contributed by atoms with Gasteiger partial charge in [0.15, 0.2) is 6.04 Å². The van der Waals surface area contributed by atoms with Gasteiger partial charge >= 0.3 is 5.97 Å². The number of aliphatic hydroxyl groups excluding tert-OH is 1. The molecule has 17 heavy (non-hydrogen) atoms. The molecule has 0 aliphatic heterocycles. The van der Waals surface area contributed by atoms with E-state index in [0.717, 1.165) is 6.07 Å². The van der Waals surface area contributed by atoms with Gasteiger partial charge in [0.2, 0.25) is 0 Å². The molecule has 0 fully saturated rings. The summed E-state index contributed by atoms with van der Waals surface area (Å²) in [4.78, 5) is 22.1. The highest BCUT2D eigenvalue weighted by Crippen LogP contribution is 2.18. The zero-order valence-corrected chi connectivity index (χ0v) is 9.24. The molecule has 0 radical (unpaired) electrons. The van der Waals surface area contributed by atoms with Gasteiger partial charge in [-0.1, -0.05) is 17.7 Å². The fourth-order valence-electron chi connectivity index (χ4n) is 1.13. The molecule has 0 aromatic heterocycles. The summed E-state index contributed by atoms with van der Waals surface area (Å²) in [7, 11) is 0. The van der Waals surface area contributed by atoms with E-state index in [4.69, 9.17) is 21.8 Å². The van der Waals surface area contributed by atoms with Gasteiger partial charge in [0.05, 0.1) is 17.2 Å². The van der Waals surface area contributed by atoms with Crippen molar-refractivity contribution in [2.24, 2.45) is 0 Å². The van der Waals surface area contributed by atoms with Crippen molar-refractivity contribution in [3.8, 4) is 0 Å². The quantitative estimate of drug-likeness (QED) is 0.743. The highest BCUT2D eigenvalue weighted by Gasteiger charge is 2.22. The van der Waals surface area contributed by atoms with Crippen molar-refractivity contribution < 1.29 is 24.2 Å². The van der Waals surface area contributed by atoms with Gasteiger partial charge in [-0.25, -0.2) is 9.18 Å². The van der Waals surface area contributed by atoms with Crippen LogP contribution in [0.2, 0.25) is 5.02 Å². The van der Waals surface area contributed by atoms with Crippen LogP contribution in [0.3, 0.4) is 0 Å². The van der Waals surface area contributed by atoms with Crippen molar-refractivity contribution >= 4 is 23.5 Å². The lowest BCUT2D eigenvalue weighted by molar-refractivity contribution is -0.140. The van der Waals surface area contributed by atoms with Gasteiger partial charge in [-0.2, -0.15) is 0 Å². The minimum atomic E-state index is -1.50. The van der Waals surface area contributed by atoms with E-state index in [1.54, 1.807) is 0 Å². The normalized spacial score (nSPS) is 11.9. The van der Waals surface area contributed by atoms with E-state index in [2.05, 4.69) is 0 Å². The molecule has 0 saturated heterocycles. The summed E-state index contributed by atoms with van der Waals surface area (Å²) in [6, 6.07) is 2.14. The van der Waals surface area contributed by atoms with Gasteiger partial charge in [-0.15, -0.1) is 0 Å². The van der Waals surface area contributed by atoms with Crippen molar-refractivity contribution in [3.63, 3.8) is 0 Å². The number of rotatable bonds is 4. The minimum absolute atomic E-state index is 0.135. The second kappa shape index (κ2) is 5.60. The maximum atomic E-state index is 13.3. The first-order chi connectivity index (χ1) is 7.97. The molecular weight excluding hydrogens is 253 g/mol. The second-order valence-electron chi connectivity index (χ2n) is 3.14. The van der Waals surface area contributed by atoms with E-state index in [1.165, 1.54) is 12.1 Å². The molecule has 0 saturated carbocycles. The number of carbonyl (C=O) groups is 2. The Morgan fingerprint density at radius 2 is 2.12 bits per heavy atom. The number of hydrogen-bond donors (Lipinski definition) is 3. The molecule has 0 bridgehead atoms. The first-order valence-electron chi connectivity index (χ1n) is 4.56. The topological polar surface area (TPSA) is 86.6 Å². The fourth-order valence-corrected chi connectivity index (χ4v) is 1.38. The zero-order valence-electron chi connectivity index (χ0n) is 8.48. The summed E-state index contributed by atoms with van der Waals surface area (Å²) in [5.41, 5.74) is -0.450. The lowest BCUT2D eigenvalue weighted by Gasteiger charge is -2.12. The summed E-state index contributed by atoms with van der Waals surface area (Å²) >= 11 is 5.62. The van der Waals surface area contributed by atoms with Crippen LogP contribution in [0.1, 0.15) is 10.4 Å². The number of carboxylic acid groups (broad SMARTS) is 1. The molecule has 0 spiro atoms. The average Bonchev–Trinajstić information content (AvgIpc) is 2.25. The Hall–Kier alpha value is -1.66. The fraction of sp³-hybridized carbons (Fsp3) is 0.200. The molecule has 0 aliphatic carbocycles. The number of nitrogens with one attached hydrogen (secondary N) is 1. The van der Waals surface area contributed by atoms with Gasteiger partial charge in [0, 0.05) is 0 Å². The minimum Gasteiger partial charge on any atom is -0.480 e. The number of benzene rings is 1. The van der Waals surface area contributed by atoms with E-state index in [0.29, 0.717) is 0 Å². The highest BCUT2D eigenvalue weighted by molar-refractivity contribution is 6.33. The number of halogens is 2. The van der Waals surface area contributed by atoms with Gasteiger partial charge in [0.1, 0.15) is 5.82 Å². The largest absolute Gasteiger partial charge is 0.480 e. The van der Waals surface area contributed by atoms with Crippen molar-refractivity contribution in [2.45, 2.75) is 6.04 Å². The van der Waals surface area contributed by atoms with Crippen LogP contribution in [-0.2, 0) is 4.79 Å². The van der Waals surface area contributed by atoms with E-state index in [9.17, 15) is 14.0 Å². The molecule has 0 heterocycles. The van der Waals surface area contributed by atoms with Gasteiger partial charge in [0.25, 0.3) is 5.91 Å². The molecule has 3 N–H and O–H groups in total. The Kier molecular flexibility index (Phi) is 4.42. The number of carbonyl (C=O) groups excluding carboxylic acids is 1. The Morgan fingerprint density at radius 3 is 2.59 bits per heavy atom. The summed E-state index contributed by atoms with van der Waals surface area (Å²) in [6.45, 7) is -0.798. The van der Waals surface area contributed by atoms with Crippen LogP contribution >= 0.6 is 11.6 Å². The number of aliphatic carboxylic acids is 1. The highest BCUT2D eigenvalue weighted by atomic mass is 35.5. The van der Waals surface area contributed by atoms with Crippen LogP contribution < -0.4 is 5.32 Å². The van der Waals surface area contributed by atoms with Crippen molar-refractivity contribution in [1.82, 2.24) is 5.32 Å². The molecule has 5 nitrogen and oxygen atoms in total. The van der Waals surface area contributed by atoms with Gasteiger partial charge < -0.3 is 15.5 Å². The monoisotopic (exact) mass is 261 g/mol. The molecular formula is C10H9ClFNO4. The van der Waals surface area contributed by atoms with E-state index < -0.39 is 35.9 Å². The molecule has 0 unspecified atom stereocenters. The third-order valence-corrected chi connectivity index (χ3v) is 2.29. The van der Waals surface area contributed by atoms with Crippen molar-refractivity contribution in [2.75, 3.05) is 6.61 Å². The third-order valence-electron chi connectivity index (χ3n) is 1.98. The first kappa shape index (κ1) is 13.4. The standard InChI is InChI=1S/C10H9ClFNO4/c11-5-2-1-3-6(12)8(5)9(15)13-7(4-14)10(16)17/h1-3,7,14H,4H2,(H,13,15)(H,16,17)/t7-/m1/s1. The average molecular weight is 262 g/mol. The molecule has 0 aliphatic rings. The van der Waals surface area contributed by atoms with E-state index in [1.807, 2.05) is 5.32 Å². The van der Waals surface area contributed by atoms with Crippen molar-refractivity contribution in [1.29, 1.82) is 0 Å².